The number of benzene rings is 1. The number of fused-ring (bicyclic) bond motifs is 1. The second-order valence-electron chi connectivity index (χ2n) is 5.95. The van der Waals surface area contributed by atoms with Gasteiger partial charge in [0.25, 0.3) is 5.69 Å². The average Bonchev–Trinajstić information content (AvgIpc) is 3.30. The van der Waals surface area contributed by atoms with E-state index >= 15 is 0 Å². The standard InChI is InChI=1S/C15H20N2O4/c1-10(11-3-4-11)16(2)7-12-5-14(17(18)19)6-13-8-20-9-21-15(12)13/h5-6,10-11H,3-4,7-9H2,1-2H3. The van der Waals surface area contributed by atoms with Crippen LogP contribution in [0.2, 0.25) is 0 Å². The number of ether oxygens (including phenoxy) is 2. The number of nitro groups is 1. The average molecular weight is 292 g/mol. The lowest BCUT2D eigenvalue weighted by atomic mass is 10.1. The predicted molar refractivity (Wildman–Crippen MR) is 77.0 cm³/mol. The van der Waals surface area contributed by atoms with Crippen molar-refractivity contribution in [3.05, 3.63) is 33.4 Å². The molecule has 21 heavy (non-hydrogen) atoms. The van der Waals surface area contributed by atoms with Crippen molar-refractivity contribution in [1.29, 1.82) is 0 Å². The van der Waals surface area contributed by atoms with Crippen LogP contribution in [0.25, 0.3) is 0 Å². The molecule has 0 aromatic heterocycles. The van der Waals surface area contributed by atoms with E-state index in [9.17, 15) is 10.1 Å². The Bertz CT molecular complexity index is 557. The van der Waals surface area contributed by atoms with E-state index in [1.807, 2.05) is 0 Å². The molecule has 1 aliphatic carbocycles. The lowest BCUT2D eigenvalue weighted by molar-refractivity contribution is -0.385. The first-order valence-corrected chi connectivity index (χ1v) is 7.27. The lowest BCUT2D eigenvalue weighted by Gasteiger charge is -2.27. The molecule has 0 radical (unpaired) electrons. The van der Waals surface area contributed by atoms with Crippen LogP contribution in [0, 0.1) is 16.0 Å². The molecular formula is C15H20N2O4. The Balaban J connectivity index is 1.88. The third-order valence-corrected chi connectivity index (χ3v) is 4.40. The molecule has 2 aliphatic rings. The van der Waals surface area contributed by atoms with Crippen molar-refractivity contribution in [2.24, 2.45) is 5.92 Å². The largest absolute Gasteiger partial charge is 0.467 e. The van der Waals surface area contributed by atoms with Crippen molar-refractivity contribution in [2.45, 2.75) is 39.0 Å². The van der Waals surface area contributed by atoms with E-state index in [1.54, 1.807) is 12.1 Å². The molecule has 1 unspecified atom stereocenters. The maximum absolute atomic E-state index is 11.1. The zero-order valence-corrected chi connectivity index (χ0v) is 12.4. The van der Waals surface area contributed by atoms with E-state index in [0.717, 1.165) is 22.8 Å². The van der Waals surface area contributed by atoms with Gasteiger partial charge >= 0.3 is 0 Å². The van der Waals surface area contributed by atoms with Gasteiger partial charge in [-0.1, -0.05) is 0 Å². The van der Waals surface area contributed by atoms with Gasteiger partial charge in [0.15, 0.2) is 6.79 Å². The van der Waals surface area contributed by atoms with Crippen LogP contribution in [0.15, 0.2) is 12.1 Å². The van der Waals surface area contributed by atoms with Crippen molar-refractivity contribution < 1.29 is 14.4 Å². The molecule has 114 valence electrons. The van der Waals surface area contributed by atoms with Crippen molar-refractivity contribution in [1.82, 2.24) is 4.90 Å². The minimum Gasteiger partial charge on any atom is -0.467 e. The first-order chi connectivity index (χ1) is 10.1. The van der Waals surface area contributed by atoms with Gasteiger partial charge in [-0.15, -0.1) is 0 Å². The number of nitrogens with zero attached hydrogens (tertiary/aromatic N) is 2. The summed E-state index contributed by atoms with van der Waals surface area (Å²) >= 11 is 0. The van der Waals surface area contributed by atoms with Crippen molar-refractivity contribution in [2.75, 3.05) is 13.8 Å². The quantitative estimate of drug-likeness (QED) is 0.616. The molecule has 0 spiro atoms. The van der Waals surface area contributed by atoms with E-state index in [2.05, 4.69) is 18.9 Å². The van der Waals surface area contributed by atoms with Gasteiger partial charge in [-0.3, -0.25) is 15.0 Å². The summed E-state index contributed by atoms with van der Waals surface area (Å²) < 4.78 is 10.8. The van der Waals surface area contributed by atoms with Gasteiger partial charge in [0, 0.05) is 35.8 Å². The van der Waals surface area contributed by atoms with Gasteiger partial charge in [0.1, 0.15) is 5.75 Å². The number of hydrogen-bond acceptors (Lipinski definition) is 5. The highest BCUT2D eigenvalue weighted by Gasteiger charge is 2.31. The van der Waals surface area contributed by atoms with Crippen LogP contribution in [0.4, 0.5) is 5.69 Å². The molecule has 1 aliphatic heterocycles. The van der Waals surface area contributed by atoms with Gasteiger partial charge in [0.05, 0.1) is 11.5 Å². The summed E-state index contributed by atoms with van der Waals surface area (Å²) in [4.78, 5) is 13.0. The molecule has 6 heteroatoms. The Hall–Kier alpha value is -1.66. The first kappa shape index (κ1) is 14.3. The normalized spacial score (nSPS) is 19.0. The van der Waals surface area contributed by atoms with Crippen molar-refractivity contribution in [3.63, 3.8) is 0 Å². The summed E-state index contributed by atoms with van der Waals surface area (Å²) in [5.41, 5.74) is 1.74. The fourth-order valence-corrected chi connectivity index (χ4v) is 2.85. The van der Waals surface area contributed by atoms with Crippen molar-refractivity contribution in [3.8, 4) is 5.75 Å². The van der Waals surface area contributed by atoms with Crippen LogP contribution in [0.3, 0.4) is 0 Å². The molecule has 1 aromatic rings. The minimum atomic E-state index is -0.358. The molecule has 3 rings (SSSR count). The zero-order valence-electron chi connectivity index (χ0n) is 12.4. The number of non-ortho nitro benzene ring substituents is 1. The van der Waals surface area contributed by atoms with E-state index in [0.29, 0.717) is 19.2 Å². The molecule has 1 aromatic carbocycles. The highest BCUT2D eigenvalue weighted by Crippen LogP contribution is 2.37. The van der Waals surface area contributed by atoms with Gasteiger partial charge < -0.3 is 9.47 Å². The van der Waals surface area contributed by atoms with Crippen LogP contribution in [0.5, 0.6) is 5.75 Å². The van der Waals surface area contributed by atoms with Crippen LogP contribution >= 0.6 is 0 Å². The molecule has 0 amide bonds. The maximum atomic E-state index is 11.1. The van der Waals surface area contributed by atoms with E-state index in [1.165, 1.54) is 12.8 Å². The second kappa shape index (κ2) is 5.61. The Morgan fingerprint density at radius 2 is 2.24 bits per heavy atom. The maximum Gasteiger partial charge on any atom is 0.270 e. The van der Waals surface area contributed by atoms with E-state index in [-0.39, 0.29) is 17.4 Å². The highest BCUT2D eigenvalue weighted by molar-refractivity contribution is 5.50. The fraction of sp³-hybridized carbons (Fsp3) is 0.600. The van der Waals surface area contributed by atoms with Crippen LogP contribution in [0.1, 0.15) is 30.9 Å². The Morgan fingerprint density at radius 1 is 1.48 bits per heavy atom. The van der Waals surface area contributed by atoms with Crippen LogP contribution in [-0.4, -0.2) is 29.7 Å². The van der Waals surface area contributed by atoms with Crippen LogP contribution in [-0.2, 0) is 17.9 Å². The summed E-state index contributed by atoms with van der Waals surface area (Å²) in [5.74, 6) is 1.51. The number of nitro benzene ring substituents is 1. The first-order valence-electron chi connectivity index (χ1n) is 7.27. The lowest BCUT2D eigenvalue weighted by Crippen LogP contribution is -2.30. The molecule has 1 saturated carbocycles. The smallest absolute Gasteiger partial charge is 0.270 e. The van der Waals surface area contributed by atoms with Gasteiger partial charge in [-0.05, 0) is 32.7 Å². The predicted octanol–water partition coefficient (Wildman–Crippen LogP) is 2.69. The third-order valence-electron chi connectivity index (χ3n) is 4.40. The molecule has 6 nitrogen and oxygen atoms in total. The summed E-state index contributed by atoms with van der Waals surface area (Å²) in [5, 5.41) is 11.1. The summed E-state index contributed by atoms with van der Waals surface area (Å²) in [6, 6.07) is 3.66. The summed E-state index contributed by atoms with van der Waals surface area (Å²) in [6.45, 7) is 3.44. The Morgan fingerprint density at radius 3 is 2.90 bits per heavy atom. The molecule has 1 fully saturated rings. The van der Waals surface area contributed by atoms with Gasteiger partial charge in [0.2, 0.25) is 0 Å². The Labute approximate surface area is 123 Å². The van der Waals surface area contributed by atoms with Gasteiger partial charge in [-0.25, -0.2) is 0 Å². The van der Waals surface area contributed by atoms with E-state index in [4.69, 9.17) is 9.47 Å². The van der Waals surface area contributed by atoms with E-state index < -0.39 is 0 Å². The summed E-state index contributed by atoms with van der Waals surface area (Å²) in [7, 11) is 2.06. The molecule has 0 saturated heterocycles. The molecule has 0 bridgehead atoms. The fourth-order valence-electron chi connectivity index (χ4n) is 2.85. The Kier molecular flexibility index (Phi) is 3.82. The number of rotatable bonds is 5. The molecule has 0 N–H and O–H groups in total. The zero-order chi connectivity index (χ0) is 15.0. The second-order valence-corrected chi connectivity index (χ2v) is 5.95. The third kappa shape index (κ3) is 3.01. The van der Waals surface area contributed by atoms with Gasteiger partial charge in [-0.2, -0.15) is 0 Å². The van der Waals surface area contributed by atoms with Crippen molar-refractivity contribution >= 4 is 5.69 Å². The van der Waals surface area contributed by atoms with Crippen LogP contribution < -0.4 is 4.74 Å². The monoisotopic (exact) mass is 292 g/mol. The summed E-state index contributed by atoms with van der Waals surface area (Å²) in [6.07, 6.45) is 2.56. The topological polar surface area (TPSA) is 64.8 Å². The number of hydrogen-bond donors (Lipinski definition) is 0. The molecule has 1 atom stereocenters. The minimum absolute atomic E-state index is 0.102. The highest BCUT2D eigenvalue weighted by atomic mass is 16.7. The molecule has 1 heterocycles. The SMILES string of the molecule is CC(C1CC1)N(C)Cc1cc([N+](=O)[O-])cc2c1OCOC2. The molecular weight excluding hydrogens is 272 g/mol.